The molecule has 0 fully saturated rings. The lowest BCUT2D eigenvalue weighted by atomic mass is 10.2. The van der Waals surface area contributed by atoms with Crippen molar-refractivity contribution < 1.29 is 0 Å². The molecule has 1 aromatic rings. The van der Waals surface area contributed by atoms with Gasteiger partial charge in [0.2, 0.25) is 0 Å². The van der Waals surface area contributed by atoms with E-state index in [1.165, 1.54) is 0 Å². The first-order valence-electron chi connectivity index (χ1n) is 5.10. The van der Waals surface area contributed by atoms with E-state index < -0.39 is 0 Å². The number of nitrogens with zero attached hydrogens (tertiary/aromatic N) is 3. The van der Waals surface area contributed by atoms with Gasteiger partial charge in [0.25, 0.3) is 0 Å². The van der Waals surface area contributed by atoms with E-state index in [0.29, 0.717) is 18.7 Å². The van der Waals surface area contributed by atoms with E-state index in [9.17, 15) is 0 Å². The van der Waals surface area contributed by atoms with Crippen molar-refractivity contribution in [2.45, 2.75) is 26.3 Å². The molecule has 0 aliphatic carbocycles. The van der Waals surface area contributed by atoms with Crippen molar-refractivity contribution in [1.82, 2.24) is 4.98 Å². The number of nitriles is 1. The standard InChI is InChI=1S/C11H15BrN4/c1-8(2)16(5-3-4-13)11-9(12)6-15-7-10(11)14/h6-8H,3,5,14H2,1-2H3. The van der Waals surface area contributed by atoms with E-state index in [1.807, 2.05) is 0 Å². The highest BCUT2D eigenvalue weighted by Crippen LogP contribution is 2.32. The Hall–Kier alpha value is -1.28. The molecule has 0 saturated heterocycles. The maximum atomic E-state index is 8.65. The smallest absolute Gasteiger partial charge is 0.0778 e. The van der Waals surface area contributed by atoms with Gasteiger partial charge >= 0.3 is 0 Å². The molecular formula is C11H15BrN4. The SMILES string of the molecule is CC(C)N(CCC#N)c1c(N)cncc1Br. The molecule has 0 aromatic carbocycles. The van der Waals surface area contributed by atoms with Gasteiger partial charge in [-0.1, -0.05) is 0 Å². The van der Waals surface area contributed by atoms with Crippen LogP contribution in [0.1, 0.15) is 20.3 Å². The largest absolute Gasteiger partial charge is 0.396 e. The molecule has 0 saturated carbocycles. The maximum absolute atomic E-state index is 8.65. The van der Waals surface area contributed by atoms with Crippen LogP contribution in [0.25, 0.3) is 0 Å². The zero-order chi connectivity index (χ0) is 12.1. The molecule has 0 unspecified atom stereocenters. The van der Waals surface area contributed by atoms with E-state index >= 15 is 0 Å². The van der Waals surface area contributed by atoms with E-state index in [0.717, 1.165) is 10.2 Å². The summed E-state index contributed by atoms with van der Waals surface area (Å²) in [4.78, 5) is 6.10. The van der Waals surface area contributed by atoms with Crippen molar-refractivity contribution in [1.29, 1.82) is 5.26 Å². The van der Waals surface area contributed by atoms with Crippen LogP contribution < -0.4 is 10.6 Å². The summed E-state index contributed by atoms with van der Waals surface area (Å²) in [6.07, 6.45) is 3.82. The number of pyridine rings is 1. The average Bonchev–Trinajstić information content (AvgIpc) is 2.21. The second-order valence-corrected chi connectivity index (χ2v) is 4.61. The first kappa shape index (κ1) is 12.8. The van der Waals surface area contributed by atoms with Crippen LogP contribution in [0, 0.1) is 11.3 Å². The molecule has 0 bridgehead atoms. The third kappa shape index (κ3) is 2.86. The summed E-state index contributed by atoms with van der Waals surface area (Å²) in [7, 11) is 0. The van der Waals surface area contributed by atoms with E-state index in [4.69, 9.17) is 11.0 Å². The zero-order valence-corrected chi connectivity index (χ0v) is 11.0. The minimum Gasteiger partial charge on any atom is -0.396 e. The first-order valence-corrected chi connectivity index (χ1v) is 5.89. The fourth-order valence-corrected chi connectivity index (χ4v) is 2.12. The van der Waals surface area contributed by atoms with Gasteiger partial charge < -0.3 is 10.6 Å². The van der Waals surface area contributed by atoms with Crippen molar-refractivity contribution in [3.63, 3.8) is 0 Å². The van der Waals surface area contributed by atoms with Gasteiger partial charge in [0.05, 0.1) is 34.5 Å². The molecule has 2 N–H and O–H groups in total. The molecule has 0 atom stereocenters. The van der Waals surface area contributed by atoms with Gasteiger partial charge in [0.15, 0.2) is 0 Å². The lowest BCUT2D eigenvalue weighted by Crippen LogP contribution is -2.32. The van der Waals surface area contributed by atoms with Crippen LogP contribution in [0.15, 0.2) is 16.9 Å². The highest BCUT2D eigenvalue weighted by molar-refractivity contribution is 9.10. The number of anilines is 2. The molecule has 5 heteroatoms. The van der Waals surface area contributed by atoms with Crippen LogP contribution in [0.3, 0.4) is 0 Å². The molecule has 4 nitrogen and oxygen atoms in total. The predicted molar refractivity (Wildman–Crippen MR) is 69.1 cm³/mol. The van der Waals surface area contributed by atoms with Gasteiger partial charge in [0.1, 0.15) is 0 Å². The number of aromatic nitrogens is 1. The Bertz CT molecular complexity index is 377. The molecule has 0 aliphatic heterocycles. The molecule has 0 aliphatic rings. The van der Waals surface area contributed by atoms with Crippen LogP contribution in [0.5, 0.6) is 0 Å². The summed E-state index contributed by atoms with van der Waals surface area (Å²) < 4.78 is 0.860. The van der Waals surface area contributed by atoms with E-state index in [1.54, 1.807) is 12.4 Å². The number of hydrogen-bond acceptors (Lipinski definition) is 4. The molecule has 1 rings (SSSR count). The van der Waals surface area contributed by atoms with Crippen molar-refractivity contribution in [3.05, 3.63) is 16.9 Å². The van der Waals surface area contributed by atoms with Crippen molar-refractivity contribution >= 4 is 27.3 Å². The number of hydrogen-bond donors (Lipinski definition) is 1. The molecule has 1 heterocycles. The van der Waals surface area contributed by atoms with Crippen molar-refractivity contribution in [2.24, 2.45) is 0 Å². The van der Waals surface area contributed by atoms with Crippen molar-refractivity contribution in [2.75, 3.05) is 17.2 Å². The Morgan fingerprint density at radius 3 is 2.75 bits per heavy atom. The van der Waals surface area contributed by atoms with Crippen LogP contribution in [0.4, 0.5) is 11.4 Å². The third-order valence-corrected chi connectivity index (χ3v) is 2.86. The summed E-state index contributed by atoms with van der Waals surface area (Å²) in [5.74, 6) is 0. The Morgan fingerprint density at radius 1 is 1.56 bits per heavy atom. The van der Waals surface area contributed by atoms with E-state index in [2.05, 4.69) is 45.7 Å². The second kappa shape index (κ2) is 5.71. The number of nitrogens with two attached hydrogens (primary N) is 1. The average molecular weight is 283 g/mol. The Kier molecular flexibility index (Phi) is 4.56. The fraction of sp³-hybridized carbons (Fsp3) is 0.455. The van der Waals surface area contributed by atoms with Gasteiger partial charge in [-0.05, 0) is 29.8 Å². The summed E-state index contributed by atoms with van der Waals surface area (Å²) in [6, 6.07) is 2.43. The van der Waals surface area contributed by atoms with Crippen LogP contribution >= 0.6 is 15.9 Å². The maximum Gasteiger partial charge on any atom is 0.0778 e. The molecule has 0 spiro atoms. The highest BCUT2D eigenvalue weighted by atomic mass is 79.9. The van der Waals surface area contributed by atoms with Crippen LogP contribution in [0.2, 0.25) is 0 Å². The van der Waals surface area contributed by atoms with Crippen LogP contribution in [-0.4, -0.2) is 17.6 Å². The molecular weight excluding hydrogens is 268 g/mol. The van der Waals surface area contributed by atoms with E-state index in [-0.39, 0.29) is 6.04 Å². The molecule has 16 heavy (non-hydrogen) atoms. The highest BCUT2D eigenvalue weighted by Gasteiger charge is 2.16. The molecule has 0 radical (unpaired) electrons. The van der Waals surface area contributed by atoms with Crippen LogP contribution in [-0.2, 0) is 0 Å². The zero-order valence-electron chi connectivity index (χ0n) is 9.44. The quantitative estimate of drug-likeness (QED) is 0.922. The lowest BCUT2D eigenvalue weighted by molar-refractivity contribution is 0.686. The summed E-state index contributed by atoms with van der Waals surface area (Å²) in [5.41, 5.74) is 7.46. The number of rotatable bonds is 4. The topological polar surface area (TPSA) is 65.9 Å². The number of nitrogen functional groups attached to an aromatic ring is 1. The summed E-state index contributed by atoms with van der Waals surface area (Å²) in [6.45, 7) is 4.81. The first-order chi connectivity index (χ1) is 7.57. The molecule has 86 valence electrons. The van der Waals surface area contributed by atoms with Gasteiger partial charge in [0, 0.05) is 18.8 Å². The molecule has 1 aromatic heterocycles. The van der Waals surface area contributed by atoms with Gasteiger partial charge in [-0.25, -0.2) is 0 Å². The monoisotopic (exact) mass is 282 g/mol. The fourth-order valence-electron chi connectivity index (χ4n) is 1.54. The minimum atomic E-state index is 0.286. The molecule has 0 amide bonds. The minimum absolute atomic E-state index is 0.286. The summed E-state index contributed by atoms with van der Waals surface area (Å²) >= 11 is 3.44. The Balaban J connectivity index is 3.06. The van der Waals surface area contributed by atoms with Gasteiger partial charge in [-0.15, -0.1) is 0 Å². The normalized spacial score (nSPS) is 10.2. The van der Waals surface area contributed by atoms with Crippen molar-refractivity contribution in [3.8, 4) is 6.07 Å². The van der Waals surface area contributed by atoms with Gasteiger partial charge in [-0.2, -0.15) is 5.26 Å². The Labute approximate surface area is 104 Å². The summed E-state index contributed by atoms with van der Waals surface area (Å²) in [5, 5.41) is 8.65. The lowest BCUT2D eigenvalue weighted by Gasteiger charge is -2.30. The third-order valence-electron chi connectivity index (χ3n) is 2.28. The second-order valence-electron chi connectivity index (χ2n) is 3.75. The predicted octanol–water partition coefficient (Wildman–Crippen LogP) is 2.55. The number of halogens is 1. The van der Waals surface area contributed by atoms with Gasteiger partial charge in [-0.3, -0.25) is 4.98 Å². The Morgan fingerprint density at radius 2 is 2.25 bits per heavy atom.